The highest BCUT2D eigenvalue weighted by atomic mass is 16.6. The van der Waals surface area contributed by atoms with Crippen LogP contribution in [0.1, 0.15) is 21.5 Å². The number of nitro groups is 2. The molecule has 0 saturated heterocycles. The number of aliphatic carboxylic acids is 1. The van der Waals surface area contributed by atoms with Crippen molar-refractivity contribution < 1.29 is 24.5 Å². The van der Waals surface area contributed by atoms with Crippen molar-refractivity contribution >= 4 is 28.8 Å². The number of benzene rings is 3. The van der Waals surface area contributed by atoms with E-state index in [0.717, 1.165) is 17.7 Å². The van der Waals surface area contributed by atoms with Crippen molar-refractivity contribution in [1.29, 1.82) is 0 Å². The summed E-state index contributed by atoms with van der Waals surface area (Å²) in [7, 11) is 0. The SMILES string of the molecule is N[C@@H](Cc1ccccc1C(=O)[C@H](Cc1ccccc1)Nc1ccc([N+](=O)[O-])cc1[N+](=O)[O-])C(=O)O. The van der Waals surface area contributed by atoms with E-state index in [-0.39, 0.29) is 24.1 Å². The first kappa shape index (κ1) is 25.0. The second-order valence-electron chi connectivity index (χ2n) is 7.77. The van der Waals surface area contributed by atoms with Crippen molar-refractivity contribution in [3.63, 3.8) is 0 Å². The third-order valence-corrected chi connectivity index (χ3v) is 5.36. The number of carboxylic acids is 1. The van der Waals surface area contributed by atoms with Gasteiger partial charge in [0.25, 0.3) is 11.4 Å². The maximum absolute atomic E-state index is 13.7. The number of ketones is 1. The highest BCUT2D eigenvalue weighted by molar-refractivity contribution is 6.03. The Hall–Kier alpha value is -4.64. The summed E-state index contributed by atoms with van der Waals surface area (Å²) >= 11 is 0. The first-order chi connectivity index (χ1) is 16.7. The molecule has 0 aliphatic heterocycles. The molecule has 180 valence electrons. The Kier molecular flexibility index (Phi) is 7.85. The van der Waals surface area contributed by atoms with Gasteiger partial charge in [-0.3, -0.25) is 29.8 Å². The first-order valence-corrected chi connectivity index (χ1v) is 10.5. The molecule has 2 atom stereocenters. The van der Waals surface area contributed by atoms with E-state index in [1.807, 2.05) is 0 Å². The molecule has 3 aromatic carbocycles. The van der Waals surface area contributed by atoms with Gasteiger partial charge in [-0.25, -0.2) is 0 Å². The largest absolute Gasteiger partial charge is 0.480 e. The summed E-state index contributed by atoms with van der Waals surface area (Å²) < 4.78 is 0. The highest BCUT2D eigenvalue weighted by Gasteiger charge is 2.28. The van der Waals surface area contributed by atoms with E-state index in [1.54, 1.807) is 48.5 Å². The van der Waals surface area contributed by atoms with Gasteiger partial charge in [-0.2, -0.15) is 0 Å². The average Bonchev–Trinajstić information content (AvgIpc) is 2.84. The van der Waals surface area contributed by atoms with Crippen molar-refractivity contribution in [1.82, 2.24) is 0 Å². The van der Waals surface area contributed by atoms with Crippen LogP contribution >= 0.6 is 0 Å². The Morgan fingerprint density at radius 1 is 0.914 bits per heavy atom. The molecule has 0 amide bonds. The van der Waals surface area contributed by atoms with E-state index in [2.05, 4.69) is 5.32 Å². The molecule has 35 heavy (non-hydrogen) atoms. The van der Waals surface area contributed by atoms with Crippen LogP contribution in [-0.4, -0.2) is 38.8 Å². The van der Waals surface area contributed by atoms with Gasteiger partial charge in [0.05, 0.1) is 22.0 Å². The van der Waals surface area contributed by atoms with Gasteiger partial charge in [-0.15, -0.1) is 0 Å². The summed E-state index contributed by atoms with van der Waals surface area (Å²) in [5.41, 5.74) is 6.02. The van der Waals surface area contributed by atoms with Crippen LogP contribution in [0.4, 0.5) is 17.1 Å². The normalized spacial score (nSPS) is 12.4. The van der Waals surface area contributed by atoms with E-state index in [1.165, 1.54) is 12.1 Å². The van der Waals surface area contributed by atoms with Crippen molar-refractivity contribution in [3.05, 3.63) is 110 Å². The standard InChI is InChI=1S/C24H22N4O7/c25-19(24(30)31)13-16-8-4-5-9-18(16)23(29)21(12-15-6-2-1-3-7-15)26-20-11-10-17(27(32)33)14-22(20)28(34)35/h1-11,14,19,21,26H,12-13,25H2,(H,30,31)/t19-,21-/m0/s1. The lowest BCUT2D eigenvalue weighted by atomic mass is 9.91. The average molecular weight is 478 g/mol. The fourth-order valence-electron chi connectivity index (χ4n) is 3.60. The highest BCUT2D eigenvalue weighted by Crippen LogP contribution is 2.30. The number of Topliss-reactive ketones (excluding diaryl/α,β-unsaturated/α-hetero) is 1. The number of nitrogens with one attached hydrogen (secondary N) is 1. The Morgan fingerprint density at radius 3 is 2.20 bits per heavy atom. The molecule has 0 aliphatic carbocycles. The zero-order chi connectivity index (χ0) is 25.5. The number of hydrogen-bond donors (Lipinski definition) is 3. The molecule has 11 heteroatoms. The summed E-state index contributed by atoms with van der Waals surface area (Å²) in [6.07, 6.45) is 0.0557. The minimum atomic E-state index is -1.22. The quantitative estimate of drug-likeness (QED) is 0.212. The molecular weight excluding hydrogens is 456 g/mol. The molecule has 0 aromatic heterocycles. The Bertz CT molecular complexity index is 1260. The molecule has 3 aromatic rings. The van der Waals surface area contributed by atoms with Gasteiger partial charge >= 0.3 is 5.97 Å². The molecule has 3 rings (SSSR count). The summed E-state index contributed by atoms with van der Waals surface area (Å²) in [6.45, 7) is 0. The van der Waals surface area contributed by atoms with Crippen LogP contribution < -0.4 is 11.1 Å². The number of nitrogens with two attached hydrogens (primary N) is 1. The first-order valence-electron chi connectivity index (χ1n) is 10.5. The van der Waals surface area contributed by atoms with Crippen LogP contribution in [0.3, 0.4) is 0 Å². The van der Waals surface area contributed by atoms with Crippen LogP contribution in [0.5, 0.6) is 0 Å². The van der Waals surface area contributed by atoms with E-state index < -0.39 is 45.1 Å². The maximum Gasteiger partial charge on any atom is 0.320 e. The predicted molar refractivity (Wildman–Crippen MR) is 127 cm³/mol. The topological polar surface area (TPSA) is 179 Å². The van der Waals surface area contributed by atoms with Crippen LogP contribution in [0.2, 0.25) is 0 Å². The van der Waals surface area contributed by atoms with Crippen LogP contribution in [0, 0.1) is 20.2 Å². The predicted octanol–water partition coefficient (Wildman–Crippen LogP) is 3.36. The summed E-state index contributed by atoms with van der Waals surface area (Å²) in [5.74, 6) is -1.65. The van der Waals surface area contributed by atoms with Gasteiger partial charge in [-0.1, -0.05) is 54.6 Å². The molecule has 0 heterocycles. The Morgan fingerprint density at radius 2 is 1.57 bits per heavy atom. The lowest BCUT2D eigenvalue weighted by Crippen LogP contribution is -2.35. The smallest absolute Gasteiger partial charge is 0.320 e. The van der Waals surface area contributed by atoms with Crippen molar-refractivity contribution in [3.8, 4) is 0 Å². The van der Waals surface area contributed by atoms with Gasteiger partial charge in [0.2, 0.25) is 0 Å². The van der Waals surface area contributed by atoms with Crippen molar-refractivity contribution in [2.45, 2.75) is 24.9 Å². The molecule has 4 N–H and O–H groups in total. The van der Waals surface area contributed by atoms with Gasteiger partial charge in [-0.05, 0) is 23.6 Å². The molecule has 0 spiro atoms. The number of nitrogens with zero attached hydrogens (tertiary/aromatic N) is 2. The number of nitro benzene ring substituents is 2. The fourth-order valence-corrected chi connectivity index (χ4v) is 3.60. The lowest BCUT2D eigenvalue weighted by Gasteiger charge is -2.21. The van der Waals surface area contributed by atoms with Gasteiger partial charge in [0.1, 0.15) is 11.7 Å². The third-order valence-electron chi connectivity index (χ3n) is 5.36. The van der Waals surface area contributed by atoms with Gasteiger partial charge < -0.3 is 16.2 Å². The number of non-ortho nitro benzene ring substituents is 1. The monoisotopic (exact) mass is 478 g/mol. The summed E-state index contributed by atoms with van der Waals surface area (Å²) in [4.78, 5) is 46.1. The third kappa shape index (κ3) is 6.24. The molecule has 11 nitrogen and oxygen atoms in total. The zero-order valence-electron chi connectivity index (χ0n) is 18.4. The van der Waals surface area contributed by atoms with E-state index in [0.29, 0.717) is 5.56 Å². The van der Waals surface area contributed by atoms with Crippen LogP contribution in [0.15, 0.2) is 72.8 Å². The lowest BCUT2D eigenvalue weighted by molar-refractivity contribution is -0.393. The maximum atomic E-state index is 13.7. The molecule has 0 aliphatic rings. The summed E-state index contributed by atoms with van der Waals surface area (Å²) in [5, 5.41) is 34.7. The van der Waals surface area contributed by atoms with Crippen molar-refractivity contribution in [2.75, 3.05) is 5.32 Å². The van der Waals surface area contributed by atoms with Crippen LogP contribution in [-0.2, 0) is 17.6 Å². The van der Waals surface area contributed by atoms with Gasteiger partial charge in [0, 0.05) is 18.1 Å². The fraction of sp³-hybridized carbons (Fsp3) is 0.167. The molecule has 0 saturated carbocycles. The van der Waals surface area contributed by atoms with E-state index >= 15 is 0 Å². The summed E-state index contributed by atoms with van der Waals surface area (Å²) in [6, 6.07) is 16.3. The number of hydrogen-bond acceptors (Lipinski definition) is 8. The number of carbonyl (C=O) groups is 2. The Balaban J connectivity index is 2.02. The zero-order valence-corrected chi connectivity index (χ0v) is 18.4. The molecule has 0 fully saturated rings. The number of anilines is 1. The van der Waals surface area contributed by atoms with Gasteiger partial charge in [0.15, 0.2) is 5.78 Å². The number of carboxylic acid groups (broad SMARTS) is 1. The van der Waals surface area contributed by atoms with Crippen LogP contribution in [0.25, 0.3) is 0 Å². The minimum absolute atomic E-state index is 0.0606. The Labute approximate surface area is 199 Å². The molecule has 0 unspecified atom stereocenters. The molecule has 0 radical (unpaired) electrons. The number of rotatable bonds is 11. The van der Waals surface area contributed by atoms with E-state index in [9.17, 15) is 34.9 Å². The molecule has 0 bridgehead atoms. The van der Waals surface area contributed by atoms with Crippen molar-refractivity contribution in [2.24, 2.45) is 5.73 Å². The van der Waals surface area contributed by atoms with E-state index in [4.69, 9.17) is 5.73 Å². The second kappa shape index (κ2) is 11.0. The molecular formula is C24H22N4O7. The number of carbonyl (C=O) groups excluding carboxylic acids is 1. The minimum Gasteiger partial charge on any atom is -0.480 e. The second-order valence-corrected chi connectivity index (χ2v) is 7.77.